The highest BCUT2D eigenvalue weighted by molar-refractivity contribution is 6.01. The molecule has 3 aromatic rings. The molecule has 1 aromatic heterocycles. The van der Waals surface area contributed by atoms with Gasteiger partial charge in [-0.3, -0.25) is 4.79 Å². The van der Waals surface area contributed by atoms with Gasteiger partial charge in [-0.15, -0.1) is 0 Å². The second-order valence-corrected chi connectivity index (χ2v) is 6.64. The molecule has 0 aliphatic heterocycles. The summed E-state index contributed by atoms with van der Waals surface area (Å²) in [5.74, 6) is -0.123. The Morgan fingerprint density at radius 2 is 1.36 bits per heavy atom. The molecule has 0 amide bonds. The maximum atomic E-state index is 12.5. The van der Waals surface area contributed by atoms with E-state index in [1.165, 1.54) is 0 Å². The van der Waals surface area contributed by atoms with Crippen LogP contribution < -0.4 is 4.74 Å². The lowest BCUT2D eigenvalue weighted by Gasteiger charge is -2.14. The second kappa shape index (κ2) is 8.13. The fourth-order valence-corrected chi connectivity index (χ4v) is 3.09. The molecule has 1 atom stereocenters. The van der Waals surface area contributed by atoms with Gasteiger partial charge in [0, 0.05) is 22.6 Å². The molecular formula is C23H23NO4. The van der Waals surface area contributed by atoms with Gasteiger partial charge >= 0.3 is 5.97 Å². The van der Waals surface area contributed by atoms with Crippen LogP contribution >= 0.6 is 0 Å². The van der Waals surface area contributed by atoms with Gasteiger partial charge in [0.2, 0.25) is 5.78 Å². The smallest absolute Gasteiger partial charge is 0.338 e. The zero-order chi connectivity index (χ0) is 20.3. The summed E-state index contributed by atoms with van der Waals surface area (Å²) in [5, 5.41) is 0. The molecule has 0 spiro atoms. The molecule has 144 valence electrons. The van der Waals surface area contributed by atoms with Crippen LogP contribution in [0.15, 0.2) is 60.7 Å². The quantitative estimate of drug-likeness (QED) is 0.468. The summed E-state index contributed by atoms with van der Waals surface area (Å²) < 4.78 is 12.5. The molecule has 0 saturated heterocycles. The first-order chi connectivity index (χ1) is 13.4. The van der Waals surface area contributed by atoms with Gasteiger partial charge in [0.1, 0.15) is 5.75 Å². The van der Waals surface area contributed by atoms with Crippen LogP contribution in [0.5, 0.6) is 5.75 Å². The fraction of sp³-hybridized carbons (Fsp3) is 0.217. The van der Waals surface area contributed by atoms with Crippen LogP contribution in [-0.4, -0.2) is 29.5 Å². The number of benzene rings is 2. The summed E-state index contributed by atoms with van der Waals surface area (Å²) in [5.41, 5.74) is 4.08. The van der Waals surface area contributed by atoms with E-state index in [1.54, 1.807) is 50.4 Å². The van der Waals surface area contributed by atoms with Gasteiger partial charge in [0.25, 0.3) is 0 Å². The number of esters is 1. The minimum absolute atomic E-state index is 0.258. The number of hydrogen-bond acceptors (Lipinski definition) is 4. The van der Waals surface area contributed by atoms with Gasteiger partial charge in [-0.05, 0) is 81.4 Å². The van der Waals surface area contributed by atoms with Crippen molar-refractivity contribution in [1.82, 2.24) is 4.57 Å². The second-order valence-electron chi connectivity index (χ2n) is 6.64. The van der Waals surface area contributed by atoms with Crippen molar-refractivity contribution in [3.63, 3.8) is 0 Å². The number of Topliss-reactive ketones (excluding diaryl/α,β-unsaturated/α-hetero) is 1. The number of aryl methyl sites for hydroxylation is 2. The largest absolute Gasteiger partial charge is 0.497 e. The van der Waals surface area contributed by atoms with E-state index in [0.717, 1.165) is 17.1 Å². The Bertz CT molecular complexity index is 965. The average Bonchev–Trinajstić information content (AvgIpc) is 3.05. The molecule has 3 rings (SSSR count). The summed E-state index contributed by atoms with van der Waals surface area (Å²) in [4.78, 5) is 24.9. The van der Waals surface area contributed by atoms with Gasteiger partial charge in [0.05, 0.1) is 12.7 Å². The van der Waals surface area contributed by atoms with Crippen molar-refractivity contribution in [2.75, 3.05) is 7.11 Å². The van der Waals surface area contributed by atoms with Crippen molar-refractivity contribution in [1.29, 1.82) is 0 Å². The van der Waals surface area contributed by atoms with E-state index in [2.05, 4.69) is 4.57 Å². The SMILES string of the molecule is COc1ccc(C(=O)[C@H](C)OC(=O)c2ccc(-n3c(C)ccc3C)cc2)cc1. The van der Waals surface area contributed by atoms with Crippen LogP contribution in [0.1, 0.15) is 39.0 Å². The highest BCUT2D eigenvalue weighted by Crippen LogP contribution is 2.18. The molecular weight excluding hydrogens is 354 g/mol. The predicted molar refractivity (Wildman–Crippen MR) is 107 cm³/mol. The molecule has 0 unspecified atom stereocenters. The van der Waals surface area contributed by atoms with E-state index < -0.39 is 12.1 Å². The van der Waals surface area contributed by atoms with Crippen LogP contribution in [-0.2, 0) is 4.74 Å². The standard InChI is InChI=1S/C23H23NO4/c1-15-5-6-16(2)24(15)20-11-7-19(8-12-20)23(26)28-17(3)22(25)18-9-13-21(27-4)14-10-18/h5-14,17H,1-4H3/t17-/m0/s1. The number of ketones is 1. The Kier molecular flexibility index (Phi) is 5.64. The third-order valence-corrected chi connectivity index (χ3v) is 4.66. The highest BCUT2D eigenvalue weighted by Gasteiger charge is 2.20. The average molecular weight is 377 g/mol. The maximum Gasteiger partial charge on any atom is 0.338 e. The Morgan fingerprint density at radius 1 is 0.821 bits per heavy atom. The minimum atomic E-state index is -0.880. The predicted octanol–water partition coefficient (Wildman–Crippen LogP) is 4.53. The normalized spacial score (nSPS) is 11.7. The summed E-state index contributed by atoms with van der Waals surface area (Å²) in [6.07, 6.45) is -0.880. The van der Waals surface area contributed by atoms with E-state index in [1.807, 2.05) is 38.1 Å². The summed E-state index contributed by atoms with van der Waals surface area (Å²) in [6, 6.07) is 18.0. The molecule has 1 heterocycles. The molecule has 0 saturated carbocycles. The minimum Gasteiger partial charge on any atom is -0.497 e. The Labute approximate surface area is 164 Å². The maximum absolute atomic E-state index is 12.5. The van der Waals surface area contributed by atoms with Gasteiger partial charge in [-0.2, -0.15) is 0 Å². The number of methoxy groups -OCH3 is 1. The Morgan fingerprint density at radius 3 is 1.89 bits per heavy atom. The van der Waals surface area contributed by atoms with Crippen LogP contribution in [0.2, 0.25) is 0 Å². The van der Waals surface area contributed by atoms with Crippen LogP contribution in [0.25, 0.3) is 5.69 Å². The van der Waals surface area contributed by atoms with Crippen molar-refractivity contribution in [3.05, 3.63) is 83.2 Å². The molecule has 0 aliphatic carbocycles. The van der Waals surface area contributed by atoms with Crippen molar-refractivity contribution >= 4 is 11.8 Å². The number of rotatable bonds is 6. The van der Waals surface area contributed by atoms with E-state index in [4.69, 9.17) is 9.47 Å². The summed E-state index contributed by atoms with van der Waals surface area (Å²) >= 11 is 0. The van der Waals surface area contributed by atoms with Crippen molar-refractivity contribution in [3.8, 4) is 11.4 Å². The number of carbonyl (C=O) groups is 2. The Hall–Kier alpha value is -3.34. The molecule has 0 aliphatic rings. The van der Waals surface area contributed by atoms with Crippen molar-refractivity contribution in [2.45, 2.75) is 26.9 Å². The lowest BCUT2D eigenvalue weighted by molar-refractivity contribution is 0.0319. The molecule has 5 heteroatoms. The van der Waals surface area contributed by atoms with Gasteiger partial charge in [-0.1, -0.05) is 0 Å². The summed E-state index contributed by atoms with van der Waals surface area (Å²) in [7, 11) is 1.56. The topological polar surface area (TPSA) is 57.5 Å². The lowest BCUT2D eigenvalue weighted by Crippen LogP contribution is -2.24. The molecule has 0 radical (unpaired) electrons. The van der Waals surface area contributed by atoms with Gasteiger partial charge in [-0.25, -0.2) is 4.79 Å². The lowest BCUT2D eigenvalue weighted by atomic mass is 10.1. The van der Waals surface area contributed by atoms with Crippen LogP contribution in [0.3, 0.4) is 0 Å². The monoisotopic (exact) mass is 377 g/mol. The number of aromatic nitrogens is 1. The molecule has 0 bridgehead atoms. The number of hydrogen-bond donors (Lipinski definition) is 0. The number of ether oxygens (including phenoxy) is 2. The van der Waals surface area contributed by atoms with Crippen molar-refractivity contribution in [2.24, 2.45) is 0 Å². The molecule has 28 heavy (non-hydrogen) atoms. The van der Waals surface area contributed by atoms with E-state index in [9.17, 15) is 9.59 Å². The van der Waals surface area contributed by atoms with Crippen molar-refractivity contribution < 1.29 is 19.1 Å². The van der Waals surface area contributed by atoms with E-state index in [-0.39, 0.29) is 5.78 Å². The zero-order valence-electron chi connectivity index (χ0n) is 16.4. The third-order valence-electron chi connectivity index (χ3n) is 4.66. The van der Waals surface area contributed by atoms with Gasteiger partial charge in [0.15, 0.2) is 6.10 Å². The fourth-order valence-electron chi connectivity index (χ4n) is 3.09. The Balaban J connectivity index is 1.69. The highest BCUT2D eigenvalue weighted by atomic mass is 16.5. The summed E-state index contributed by atoms with van der Waals surface area (Å²) in [6.45, 7) is 5.63. The molecule has 0 fully saturated rings. The molecule has 5 nitrogen and oxygen atoms in total. The number of nitrogens with zero attached hydrogens (tertiary/aromatic N) is 1. The van der Waals surface area contributed by atoms with Crippen LogP contribution in [0.4, 0.5) is 0 Å². The first-order valence-corrected chi connectivity index (χ1v) is 9.05. The molecule has 2 aromatic carbocycles. The third kappa shape index (κ3) is 3.98. The van der Waals surface area contributed by atoms with E-state index >= 15 is 0 Å². The first kappa shape index (κ1) is 19.4. The number of carbonyl (C=O) groups excluding carboxylic acids is 2. The van der Waals surface area contributed by atoms with Crippen LogP contribution in [0, 0.1) is 13.8 Å². The first-order valence-electron chi connectivity index (χ1n) is 9.05. The van der Waals surface area contributed by atoms with Gasteiger partial charge < -0.3 is 14.0 Å². The zero-order valence-corrected chi connectivity index (χ0v) is 16.4. The van der Waals surface area contributed by atoms with E-state index in [0.29, 0.717) is 16.9 Å². The molecule has 0 N–H and O–H groups in total.